The Morgan fingerprint density at radius 3 is 2.82 bits per heavy atom. The molecule has 1 saturated heterocycles. The molecule has 1 fully saturated rings. The van der Waals surface area contributed by atoms with Crippen molar-refractivity contribution < 1.29 is 23.8 Å². The Morgan fingerprint density at radius 2 is 2.18 bits per heavy atom. The highest BCUT2D eigenvalue weighted by Crippen LogP contribution is 2.32. The van der Waals surface area contributed by atoms with Gasteiger partial charge in [0.1, 0.15) is 5.76 Å². The molecule has 0 atom stereocenters. The Hall–Kier alpha value is -1.59. The van der Waals surface area contributed by atoms with Crippen molar-refractivity contribution in [1.29, 1.82) is 0 Å². The number of allylic oxidation sites excluding steroid dienone is 1. The summed E-state index contributed by atoms with van der Waals surface area (Å²) in [5.74, 6) is -0.493. The molecule has 1 aromatic rings. The topological polar surface area (TPSA) is 68.9 Å². The van der Waals surface area contributed by atoms with Crippen molar-refractivity contribution in [2.24, 2.45) is 0 Å². The summed E-state index contributed by atoms with van der Waals surface area (Å²) in [5.41, 5.74) is 0. The van der Waals surface area contributed by atoms with Crippen molar-refractivity contribution in [3.63, 3.8) is 0 Å². The maximum atomic E-state index is 10.3. The van der Waals surface area contributed by atoms with E-state index < -0.39 is 11.8 Å². The minimum absolute atomic E-state index is 0.433. The van der Waals surface area contributed by atoms with Crippen LogP contribution in [0.4, 0.5) is 0 Å². The maximum Gasteiger partial charge on any atom is 0.327 e. The third-order valence-corrected chi connectivity index (χ3v) is 2.53. The van der Waals surface area contributed by atoms with E-state index in [-0.39, 0.29) is 0 Å². The van der Waals surface area contributed by atoms with E-state index in [1.807, 2.05) is 0 Å². The average molecular weight is 238 g/mol. The number of carbonyl (C=O) groups is 1. The van der Waals surface area contributed by atoms with E-state index in [9.17, 15) is 4.79 Å². The van der Waals surface area contributed by atoms with E-state index in [2.05, 4.69) is 0 Å². The lowest BCUT2D eigenvalue weighted by molar-refractivity contribution is -0.163. The molecule has 1 aromatic heterocycles. The highest BCUT2D eigenvalue weighted by molar-refractivity contribution is 5.79. The predicted molar refractivity (Wildman–Crippen MR) is 58.4 cm³/mol. The fourth-order valence-corrected chi connectivity index (χ4v) is 1.66. The van der Waals surface area contributed by atoms with Crippen LogP contribution >= 0.6 is 0 Å². The van der Waals surface area contributed by atoms with Crippen molar-refractivity contribution in [3.05, 3.63) is 35.8 Å². The molecule has 0 unspecified atom stereocenters. The van der Waals surface area contributed by atoms with Crippen LogP contribution in [0.25, 0.3) is 0 Å². The van der Waals surface area contributed by atoms with Crippen LogP contribution in [0, 0.1) is 0 Å². The highest BCUT2D eigenvalue weighted by atomic mass is 16.7. The smallest absolute Gasteiger partial charge is 0.327 e. The second-order valence-corrected chi connectivity index (χ2v) is 3.85. The molecule has 1 aliphatic rings. The molecule has 0 aliphatic carbocycles. The molecule has 2 rings (SSSR count). The Morgan fingerprint density at radius 1 is 1.47 bits per heavy atom. The largest absolute Gasteiger partial charge is 0.478 e. The predicted octanol–water partition coefficient (Wildman–Crippen LogP) is 1.68. The van der Waals surface area contributed by atoms with Gasteiger partial charge in [0.15, 0.2) is 5.76 Å². The first-order valence-corrected chi connectivity index (χ1v) is 5.37. The monoisotopic (exact) mass is 238 g/mol. The molecule has 17 heavy (non-hydrogen) atoms. The van der Waals surface area contributed by atoms with Crippen LogP contribution in [0.2, 0.25) is 0 Å². The Labute approximate surface area is 98.6 Å². The molecule has 92 valence electrons. The van der Waals surface area contributed by atoms with Gasteiger partial charge >= 0.3 is 5.97 Å². The third kappa shape index (κ3) is 2.75. The van der Waals surface area contributed by atoms with Crippen LogP contribution < -0.4 is 0 Å². The third-order valence-electron chi connectivity index (χ3n) is 2.53. The van der Waals surface area contributed by atoms with Gasteiger partial charge < -0.3 is 19.0 Å². The summed E-state index contributed by atoms with van der Waals surface area (Å²) in [7, 11) is 0. The number of ether oxygens (including phenoxy) is 2. The molecule has 5 nitrogen and oxygen atoms in total. The van der Waals surface area contributed by atoms with Gasteiger partial charge in [-0.3, -0.25) is 0 Å². The zero-order chi connectivity index (χ0) is 12.3. The molecule has 5 heteroatoms. The van der Waals surface area contributed by atoms with E-state index in [1.165, 1.54) is 6.08 Å². The molecule has 0 amide bonds. The van der Waals surface area contributed by atoms with Crippen LogP contribution in [0.1, 0.15) is 18.4 Å². The van der Waals surface area contributed by atoms with Crippen molar-refractivity contribution in [2.75, 3.05) is 13.2 Å². The second kappa shape index (κ2) is 4.73. The molecule has 1 aliphatic heterocycles. The van der Waals surface area contributed by atoms with Crippen molar-refractivity contribution in [1.82, 2.24) is 0 Å². The summed E-state index contributed by atoms with van der Waals surface area (Å²) in [5, 5.41) is 8.45. The zero-order valence-corrected chi connectivity index (χ0v) is 9.51. The Kier molecular flexibility index (Phi) is 3.31. The number of furan rings is 1. The lowest BCUT2D eigenvalue weighted by Crippen LogP contribution is -2.21. The van der Waals surface area contributed by atoms with Crippen LogP contribution in [0.5, 0.6) is 0 Å². The summed E-state index contributed by atoms with van der Waals surface area (Å²) in [4.78, 5) is 10.3. The number of carboxylic acid groups (broad SMARTS) is 1. The van der Waals surface area contributed by atoms with Crippen molar-refractivity contribution >= 4 is 5.97 Å². The molecule has 0 spiro atoms. The number of aliphatic carboxylic acids is 1. The van der Waals surface area contributed by atoms with Gasteiger partial charge in [0, 0.05) is 12.5 Å². The molecule has 0 bridgehead atoms. The quantitative estimate of drug-likeness (QED) is 0.808. The summed E-state index contributed by atoms with van der Waals surface area (Å²) in [6.45, 7) is 2.90. The summed E-state index contributed by atoms with van der Waals surface area (Å²) in [6.07, 6.45) is 3.05. The van der Waals surface area contributed by atoms with E-state index >= 15 is 0 Å². The van der Waals surface area contributed by atoms with E-state index in [4.69, 9.17) is 19.0 Å². The van der Waals surface area contributed by atoms with Gasteiger partial charge in [0.25, 0.3) is 0 Å². The van der Waals surface area contributed by atoms with Gasteiger partial charge in [-0.2, -0.15) is 0 Å². The van der Waals surface area contributed by atoms with Crippen LogP contribution in [-0.2, 0) is 26.5 Å². The normalized spacial score (nSPS) is 18.9. The fourth-order valence-electron chi connectivity index (χ4n) is 1.66. The molecule has 2 heterocycles. The van der Waals surface area contributed by atoms with E-state index in [0.717, 1.165) is 6.08 Å². The molecular weight excluding hydrogens is 224 g/mol. The number of hydrogen-bond acceptors (Lipinski definition) is 4. The van der Waals surface area contributed by atoms with Crippen LogP contribution in [-0.4, -0.2) is 24.3 Å². The first-order valence-electron chi connectivity index (χ1n) is 5.37. The standard InChI is InChI=1S/C12H14O5/c1-12(15-7-8-16-12)10-6-5-9(17-10)3-2-4-11(13)14/h2,4-6H,3,7-8H2,1H3,(H,13,14)/b4-2+. The molecule has 0 saturated carbocycles. The zero-order valence-electron chi connectivity index (χ0n) is 9.51. The highest BCUT2D eigenvalue weighted by Gasteiger charge is 2.36. The lowest BCUT2D eigenvalue weighted by Gasteiger charge is -2.18. The molecule has 0 aromatic carbocycles. The summed E-state index contributed by atoms with van der Waals surface area (Å²) < 4.78 is 16.5. The summed E-state index contributed by atoms with van der Waals surface area (Å²) in [6, 6.07) is 3.58. The summed E-state index contributed by atoms with van der Waals surface area (Å²) >= 11 is 0. The van der Waals surface area contributed by atoms with E-state index in [1.54, 1.807) is 19.1 Å². The van der Waals surface area contributed by atoms with Crippen molar-refractivity contribution in [3.8, 4) is 0 Å². The molecule has 0 radical (unpaired) electrons. The van der Waals surface area contributed by atoms with Crippen LogP contribution in [0.15, 0.2) is 28.7 Å². The first kappa shape index (κ1) is 11.9. The maximum absolute atomic E-state index is 10.3. The van der Waals surface area contributed by atoms with Crippen LogP contribution in [0.3, 0.4) is 0 Å². The molecular formula is C12H14O5. The lowest BCUT2D eigenvalue weighted by atomic mass is 10.2. The van der Waals surface area contributed by atoms with Gasteiger partial charge in [-0.05, 0) is 19.1 Å². The fraction of sp³-hybridized carbons (Fsp3) is 0.417. The first-order chi connectivity index (χ1) is 8.10. The van der Waals surface area contributed by atoms with E-state index in [0.29, 0.717) is 31.2 Å². The van der Waals surface area contributed by atoms with Gasteiger partial charge in [-0.15, -0.1) is 0 Å². The SMILES string of the molecule is CC1(c2ccc(C/C=C/C(=O)O)o2)OCCO1. The Bertz CT molecular complexity index is 426. The minimum atomic E-state index is -0.966. The van der Waals surface area contributed by atoms with Gasteiger partial charge in [-0.25, -0.2) is 4.79 Å². The number of carboxylic acids is 1. The minimum Gasteiger partial charge on any atom is -0.478 e. The van der Waals surface area contributed by atoms with Gasteiger partial charge in [0.2, 0.25) is 5.79 Å². The molecule has 1 N–H and O–H groups in total. The van der Waals surface area contributed by atoms with Gasteiger partial charge in [-0.1, -0.05) is 6.08 Å². The number of rotatable bonds is 4. The van der Waals surface area contributed by atoms with Gasteiger partial charge in [0.05, 0.1) is 13.2 Å². The number of hydrogen-bond donors (Lipinski definition) is 1. The van der Waals surface area contributed by atoms with Crippen molar-refractivity contribution in [2.45, 2.75) is 19.1 Å². The average Bonchev–Trinajstić information content (AvgIpc) is 2.87. The Balaban J connectivity index is 2.03. The second-order valence-electron chi connectivity index (χ2n) is 3.85.